The van der Waals surface area contributed by atoms with Crippen LogP contribution in [-0.4, -0.2) is 133 Å². The predicted molar refractivity (Wildman–Crippen MR) is 219 cm³/mol. The zero-order valence-electron chi connectivity index (χ0n) is 38.4. The van der Waals surface area contributed by atoms with E-state index < -0.39 is 122 Å². The molecule has 4 heterocycles. The molecule has 0 radical (unpaired) electrons. The van der Waals surface area contributed by atoms with Gasteiger partial charge in [0.05, 0.1) is 11.4 Å². The Kier molecular flexibility index (Phi) is 18.7. The van der Waals surface area contributed by atoms with Gasteiger partial charge in [-0.2, -0.15) is 0 Å². The summed E-state index contributed by atoms with van der Waals surface area (Å²) in [6.07, 6.45) is -12.8. The van der Waals surface area contributed by atoms with Crippen LogP contribution in [0.25, 0.3) is 0 Å². The molecule has 3 aromatic rings. The van der Waals surface area contributed by atoms with E-state index in [0.29, 0.717) is 24.2 Å². The SMILES string of the molecule is CC(=O)OC[C@H]1O[C@H](OCc2cc(Cc3ccc(Cc4cc(CO[C@H]5O[C@H](COC(C)=O)[C@@H](OC(C)=O)[C@H](OC(C)=O)[C@@H]5OC(C)=O)on4)cc3)no2)[C@@H](OC(C)=O)[C@@H](OC(C)=O)[C@@H]1OC(C)=O. The van der Waals surface area contributed by atoms with Crippen LogP contribution in [0, 0.1) is 0 Å². The predicted octanol–water partition coefficient (Wildman–Crippen LogP) is 2.04. The molecule has 2 aromatic heterocycles. The number of carbonyl (C=O) groups is 8. The molecule has 0 bridgehead atoms. The van der Waals surface area contributed by atoms with E-state index in [0.717, 1.165) is 66.5 Å². The molecule has 2 aliphatic rings. The van der Waals surface area contributed by atoms with E-state index in [1.165, 1.54) is 0 Å². The fourth-order valence-electron chi connectivity index (χ4n) is 7.18. The van der Waals surface area contributed by atoms with E-state index in [-0.39, 0.29) is 24.7 Å². The van der Waals surface area contributed by atoms with Crippen LogP contribution in [0.3, 0.4) is 0 Å². The smallest absolute Gasteiger partial charge is 0.303 e. The Hall–Kier alpha value is -6.76. The van der Waals surface area contributed by atoms with Crippen molar-refractivity contribution in [3.05, 3.63) is 70.4 Å². The van der Waals surface area contributed by atoms with Crippen molar-refractivity contribution in [3.63, 3.8) is 0 Å². The molecule has 0 unspecified atom stereocenters. The third-order valence-electron chi connectivity index (χ3n) is 9.69. The molecule has 0 spiro atoms. The zero-order valence-corrected chi connectivity index (χ0v) is 38.4. The molecule has 5 rings (SSSR count). The summed E-state index contributed by atoms with van der Waals surface area (Å²) in [5.41, 5.74) is 2.81. The van der Waals surface area contributed by atoms with E-state index in [4.69, 9.17) is 65.9 Å². The van der Waals surface area contributed by atoms with Crippen LogP contribution < -0.4 is 0 Å². The van der Waals surface area contributed by atoms with E-state index in [9.17, 15) is 38.4 Å². The maximum absolute atomic E-state index is 12.1. The highest BCUT2D eigenvalue weighted by molar-refractivity contribution is 5.70. The molecule has 370 valence electrons. The first-order chi connectivity index (χ1) is 32.2. The van der Waals surface area contributed by atoms with Crippen LogP contribution in [0.15, 0.2) is 45.4 Å². The van der Waals surface area contributed by atoms with Gasteiger partial charge >= 0.3 is 47.8 Å². The third kappa shape index (κ3) is 15.7. The van der Waals surface area contributed by atoms with E-state index in [1.54, 1.807) is 12.1 Å². The van der Waals surface area contributed by atoms with Crippen LogP contribution in [0.4, 0.5) is 0 Å². The summed E-state index contributed by atoms with van der Waals surface area (Å²) >= 11 is 0. The minimum Gasteiger partial charge on any atom is -0.463 e. The van der Waals surface area contributed by atoms with Gasteiger partial charge in [0, 0.05) is 80.4 Å². The van der Waals surface area contributed by atoms with Crippen molar-refractivity contribution in [2.75, 3.05) is 13.2 Å². The molecule has 0 amide bonds. The Balaban J connectivity index is 1.20. The van der Waals surface area contributed by atoms with Gasteiger partial charge in [0.2, 0.25) is 0 Å². The first kappa shape index (κ1) is 52.2. The van der Waals surface area contributed by atoms with Gasteiger partial charge in [-0.3, -0.25) is 38.4 Å². The number of rotatable bonds is 20. The van der Waals surface area contributed by atoms with E-state index in [2.05, 4.69) is 10.3 Å². The van der Waals surface area contributed by atoms with E-state index in [1.807, 2.05) is 24.3 Å². The van der Waals surface area contributed by atoms with Gasteiger partial charge in [0.15, 0.2) is 60.7 Å². The van der Waals surface area contributed by atoms with Gasteiger partial charge in [-0.05, 0) is 11.1 Å². The highest BCUT2D eigenvalue weighted by atomic mass is 16.8. The molecule has 2 aliphatic heterocycles. The maximum atomic E-state index is 12.1. The first-order valence-corrected chi connectivity index (χ1v) is 21.1. The van der Waals surface area contributed by atoms with Crippen molar-refractivity contribution in [3.8, 4) is 0 Å². The van der Waals surface area contributed by atoms with Crippen molar-refractivity contribution >= 4 is 47.8 Å². The Morgan fingerprint density at radius 2 is 0.750 bits per heavy atom. The summed E-state index contributed by atoms with van der Waals surface area (Å²) in [6, 6.07) is 10.8. The van der Waals surface area contributed by atoms with Gasteiger partial charge < -0.3 is 65.9 Å². The molecule has 68 heavy (non-hydrogen) atoms. The number of benzene rings is 1. The summed E-state index contributed by atoms with van der Waals surface area (Å²) in [5.74, 6) is -5.46. The number of aromatic nitrogens is 2. The standard InChI is InChI=1S/C44H52N2O22/c1-21(47)55-19-35-37(59-23(3)49)39(61-25(5)51)41(63-27(7)53)43(65-35)57-17-33-15-31(45-67-33)13-29-9-11-30(12-10-29)14-32-16-34(68-46-32)18-58-44-42(64-28(8)54)40(62-26(6)52)38(60-24(4)50)36(66-44)20-56-22(2)48/h9-12,15-16,35-44H,13-14,17-20H2,1-8H3/t35-,36-,37-,38-,39+,40+,41+,42+,43+,44+/m1/s1. The number of hydrogen-bond acceptors (Lipinski definition) is 24. The van der Waals surface area contributed by atoms with Crippen LogP contribution >= 0.6 is 0 Å². The van der Waals surface area contributed by atoms with Gasteiger partial charge in [-0.15, -0.1) is 0 Å². The average molecular weight is 961 g/mol. The molecule has 1 aromatic carbocycles. The molecule has 24 heteroatoms. The largest absolute Gasteiger partial charge is 0.463 e. The summed E-state index contributed by atoms with van der Waals surface area (Å²) in [4.78, 5) is 95.9. The summed E-state index contributed by atoms with van der Waals surface area (Å²) in [6.45, 7) is 7.68. The quantitative estimate of drug-likeness (QED) is 0.116. The summed E-state index contributed by atoms with van der Waals surface area (Å²) < 4.78 is 77.5. The number of nitrogens with zero attached hydrogens (tertiary/aromatic N) is 2. The number of esters is 8. The summed E-state index contributed by atoms with van der Waals surface area (Å²) in [7, 11) is 0. The van der Waals surface area contributed by atoms with Crippen molar-refractivity contribution < 1.29 is 104 Å². The zero-order chi connectivity index (χ0) is 49.7. The lowest BCUT2D eigenvalue weighted by Crippen LogP contribution is -2.62. The molecular weight excluding hydrogens is 908 g/mol. The van der Waals surface area contributed by atoms with E-state index >= 15 is 0 Å². The van der Waals surface area contributed by atoms with Crippen molar-refractivity contribution in [2.45, 2.75) is 143 Å². The highest BCUT2D eigenvalue weighted by Crippen LogP contribution is 2.32. The lowest BCUT2D eigenvalue weighted by atomic mass is 9.98. The normalized spacial score (nSPS) is 24.4. The molecule has 2 fully saturated rings. The molecule has 0 aliphatic carbocycles. The van der Waals surface area contributed by atoms with Gasteiger partial charge in [0.1, 0.15) is 38.6 Å². The Labute approximate surface area is 388 Å². The summed E-state index contributed by atoms with van der Waals surface area (Å²) in [5, 5.41) is 8.25. The Morgan fingerprint density at radius 3 is 1.06 bits per heavy atom. The molecule has 0 N–H and O–H groups in total. The van der Waals surface area contributed by atoms with Crippen LogP contribution in [0.5, 0.6) is 0 Å². The topological polar surface area (TPSA) is 299 Å². The third-order valence-corrected chi connectivity index (χ3v) is 9.69. The van der Waals surface area contributed by atoms with Crippen molar-refractivity contribution in [1.29, 1.82) is 0 Å². The molecular formula is C44H52N2O22. The van der Waals surface area contributed by atoms with Gasteiger partial charge in [-0.25, -0.2) is 0 Å². The average Bonchev–Trinajstić information content (AvgIpc) is 3.90. The van der Waals surface area contributed by atoms with Gasteiger partial charge in [0.25, 0.3) is 0 Å². The number of carbonyl (C=O) groups excluding carboxylic acids is 8. The Bertz CT molecular complexity index is 2100. The lowest BCUT2D eigenvalue weighted by Gasteiger charge is -2.43. The fourth-order valence-corrected chi connectivity index (χ4v) is 7.18. The molecule has 2 saturated heterocycles. The van der Waals surface area contributed by atoms with Gasteiger partial charge in [-0.1, -0.05) is 34.6 Å². The second-order valence-electron chi connectivity index (χ2n) is 15.5. The van der Waals surface area contributed by atoms with Crippen molar-refractivity contribution in [2.24, 2.45) is 0 Å². The molecule has 10 atom stereocenters. The van der Waals surface area contributed by atoms with Crippen molar-refractivity contribution in [1.82, 2.24) is 10.3 Å². The maximum Gasteiger partial charge on any atom is 0.303 e. The van der Waals surface area contributed by atoms with Crippen LogP contribution in [-0.2, 0) is 121 Å². The molecule has 24 nitrogen and oxygen atoms in total. The minimum absolute atomic E-state index is 0.254. The first-order valence-electron chi connectivity index (χ1n) is 21.1. The van der Waals surface area contributed by atoms with Crippen LogP contribution in [0.2, 0.25) is 0 Å². The number of hydrogen-bond donors (Lipinski definition) is 0. The molecule has 0 saturated carbocycles. The van der Waals surface area contributed by atoms with Crippen LogP contribution in [0.1, 0.15) is 89.4 Å². The second kappa shape index (κ2) is 24.3. The number of ether oxygens (including phenoxy) is 12. The Morgan fingerprint density at radius 1 is 0.441 bits per heavy atom. The highest BCUT2D eigenvalue weighted by Gasteiger charge is 2.54. The second-order valence-corrected chi connectivity index (χ2v) is 15.5. The minimum atomic E-state index is -1.41. The fraction of sp³-hybridized carbons (Fsp3) is 0.545. The lowest BCUT2D eigenvalue weighted by molar-refractivity contribution is -0.311. The monoisotopic (exact) mass is 960 g/mol.